The molecule has 0 aliphatic carbocycles. The number of carbonyl (C=O) groups is 1. The summed E-state index contributed by atoms with van der Waals surface area (Å²) in [5.41, 5.74) is -0.211. The molecule has 0 radical (unpaired) electrons. The van der Waals surface area contributed by atoms with Gasteiger partial charge in [0.25, 0.3) is 0 Å². The van der Waals surface area contributed by atoms with Crippen molar-refractivity contribution in [1.29, 1.82) is 0 Å². The molecule has 1 amide bonds. The summed E-state index contributed by atoms with van der Waals surface area (Å²) in [6.45, 7) is 11.3. The molecule has 6 heteroatoms. The van der Waals surface area contributed by atoms with Gasteiger partial charge in [-0.2, -0.15) is 0 Å². The van der Waals surface area contributed by atoms with Crippen molar-refractivity contribution in [2.24, 2.45) is 5.41 Å². The fourth-order valence-electron chi connectivity index (χ4n) is 1.89. The standard InChI is InChI=1S/C16H26N2O3S/c1-15(2,3)11-14(19)17-12-8-7-9-13(10-12)22(20,21)18-16(4,5)6/h7-10,18H,11H2,1-6H3,(H,17,19). The van der Waals surface area contributed by atoms with Crippen molar-refractivity contribution >= 4 is 21.6 Å². The predicted molar refractivity (Wildman–Crippen MR) is 89.2 cm³/mol. The van der Waals surface area contributed by atoms with E-state index in [4.69, 9.17) is 0 Å². The molecule has 0 aliphatic heterocycles. The first kappa shape index (κ1) is 18.6. The number of anilines is 1. The molecule has 0 bridgehead atoms. The Labute approximate surface area is 133 Å². The van der Waals surface area contributed by atoms with Crippen LogP contribution in [0.1, 0.15) is 48.0 Å². The lowest BCUT2D eigenvalue weighted by molar-refractivity contribution is -0.117. The number of sulfonamides is 1. The highest BCUT2D eigenvalue weighted by Gasteiger charge is 2.22. The summed E-state index contributed by atoms with van der Waals surface area (Å²) < 4.78 is 27.2. The lowest BCUT2D eigenvalue weighted by atomic mass is 9.92. The maximum absolute atomic E-state index is 12.3. The fourth-order valence-corrected chi connectivity index (χ4v) is 3.35. The van der Waals surface area contributed by atoms with Crippen LogP contribution in [0.5, 0.6) is 0 Å². The number of hydrogen-bond acceptors (Lipinski definition) is 3. The molecule has 1 rings (SSSR count). The second kappa shape index (κ2) is 6.38. The number of benzene rings is 1. The van der Waals surface area contributed by atoms with Gasteiger partial charge in [0.2, 0.25) is 15.9 Å². The van der Waals surface area contributed by atoms with E-state index >= 15 is 0 Å². The molecule has 0 fully saturated rings. The number of carbonyl (C=O) groups excluding carboxylic acids is 1. The van der Waals surface area contributed by atoms with Gasteiger partial charge in [-0.15, -0.1) is 0 Å². The van der Waals surface area contributed by atoms with Crippen molar-refractivity contribution in [3.05, 3.63) is 24.3 Å². The monoisotopic (exact) mass is 326 g/mol. The van der Waals surface area contributed by atoms with Gasteiger partial charge in [-0.1, -0.05) is 26.8 Å². The van der Waals surface area contributed by atoms with Crippen molar-refractivity contribution in [1.82, 2.24) is 4.72 Å². The summed E-state index contributed by atoms with van der Waals surface area (Å²) in [6.07, 6.45) is 0.365. The summed E-state index contributed by atoms with van der Waals surface area (Å²) in [7, 11) is -3.61. The van der Waals surface area contributed by atoms with Crippen LogP contribution in [0.15, 0.2) is 29.2 Å². The van der Waals surface area contributed by atoms with Crippen LogP contribution in [0.2, 0.25) is 0 Å². The van der Waals surface area contributed by atoms with Crippen molar-refractivity contribution in [2.45, 2.75) is 58.4 Å². The number of amides is 1. The summed E-state index contributed by atoms with van der Waals surface area (Å²) >= 11 is 0. The van der Waals surface area contributed by atoms with Gasteiger partial charge in [-0.25, -0.2) is 13.1 Å². The van der Waals surface area contributed by atoms with Gasteiger partial charge in [-0.3, -0.25) is 4.79 Å². The SMILES string of the molecule is CC(C)(C)CC(=O)Nc1cccc(S(=O)(=O)NC(C)(C)C)c1. The smallest absolute Gasteiger partial charge is 0.241 e. The molecule has 0 atom stereocenters. The molecule has 0 aliphatic rings. The topological polar surface area (TPSA) is 75.3 Å². The van der Waals surface area contributed by atoms with E-state index < -0.39 is 15.6 Å². The van der Waals surface area contributed by atoms with Gasteiger partial charge >= 0.3 is 0 Å². The van der Waals surface area contributed by atoms with Crippen LogP contribution in [0.25, 0.3) is 0 Å². The zero-order valence-corrected chi connectivity index (χ0v) is 15.0. The van der Waals surface area contributed by atoms with E-state index in [0.29, 0.717) is 12.1 Å². The molecule has 22 heavy (non-hydrogen) atoms. The van der Waals surface area contributed by atoms with E-state index in [-0.39, 0.29) is 16.2 Å². The van der Waals surface area contributed by atoms with Gasteiger partial charge in [0, 0.05) is 17.6 Å². The number of nitrogens with one attached hydrogen (secondary N) is 2. The summed E-state index contributed by atoms with van der Waals surface area (Å²) in [6, 6.07) is 6.27. The average Bonchev–Trinajstić information content (AvgIpc) is 2.23. The van der Waals surface area contributed by atoms with Crippen molar-refractivity contribution < 1.29 is 13.2 Å². The molecule has 0 unspecified atom stereocenters. The van der Waals surface area contributed by atoms with Crippen LogP contribution >= 0.6 is 0 Å². The zero-order chi connectivity index (χ0) is 17.2. The second-order valence-electron chi connectivity index (χ2n) is 7.67. The first-order chi connectivity index (χ1) is 9.78. The Morgan fingerprint density at radius 3 is 2.18 bits per heavy atom. The molecule has 2 N–H and O–H groups in total. The Hall–Kier alpha value is -1.40. The first-order valence-corrected chi connectivity index (χ1v) is 8.71. The minimum atomic E-state index is -3.61. The lowest BCUT2D eigenvalue weighted by Crippen LogP contribution is -2.40. The van der Waals surface area contributed by atoms with E-state index in [1.165, 1.54) is 12.1 Å². The molecule has 0 aromatic heterocycles. The molecule has 0 saturated carbocycles. The predicted octanol–water partition coefficient (Wildman–Crippen LogP) is 3.14. The molecule has 124 valence electrons. The molecule has 5 nitrogen and oxygen atoms in total. The second-order valence-corrected chi connectivity index (χ2v) is 9.35. The van der Waals surface area contributed by atoms with E-state index in [1.54, 1.807) is 32.9 Å². The fraction of sp³-hybridized carbons (Fsp3) is 0.562. The Bertz CT molecular complexity index is 638. The molecule has 1 aromatic rings. The minimum absolute atomic E-state index is 0.123. The minimum Gasteiger partial charge on any atom is -0.326 e. The van der Waals surface area contributed by atoms with Crippen molar-refractivity contribution in [3.63, 3.8) is 0 Å². The van der Waals surface area contributed by atoms with E-state index in [1.807, 2.05) is 20.8 Å². The highest BCUT2D eigenvalue weighted by Crippen LogP contribution is 2.21. The molecule has 1 aromatic carbocycles. The number of hydrogen-bond donors (Lipinski definition) is 2. The third kappa shape index (κ3) is 6.58. The summed E-state index contributed by atoms with van der Waals surface area (Å²) in [4.78, 5) is 12.1. The van der Waals surface area contributed by atoms with Crippen LogP contribution in [-0.4, -0.2) is 19.9 Å². The largest absolute Gasteiger partial charge is 0.326 e. The Kier molecular flexibility index (Phi) is 5.41. The van der Waals surface area contributed by atoms with Gasteiger partial charge < -0.3 is 5.32 Å². The number of rotatable bonds is 4. The van der Waals surface area contributed by atoms with Crippen LogP contribution in [0.3, 0.4) is 0 Å². The third-order valence-electron chi connectivity index (χ3n) is 2.56. The molecule has 0 spiro atoms. The Morgan fingerprint density at radius 1 is 1.09 bits per heavy atom. The molecular weight excluding hydrogens is 300 g/mol. The molecule has 0 saturated heterocycles. The summed E-state index contributed by atoms with van der Waals surface area (Å²) in [5.74, 6) is -0.133. The Balaban J connectivity index is 2.93. The maximum Gasteiger partial charge on any atom is 0.241 e. The quantitative estimate of drug-likeness (QED) is 0.892. The van der Waals surface area contributed by atoms with Gasteiger partial charge in [0.05, 0.1) is 4.90 Å². The van der Waals surface area contributed by atoms with Crippen LogP contribution in [-0.2, 0) is 14.8 Å². The normalized spacial score (nSPS) is 13.0. The summed E-state index contributed by atoms with van der Waals surface area (Å²) in [5, 5.41) is 2.74. The van der Waals surface area contributed by atoms with E-state index in [0.717, 1.165) is 0 Å². The van der Waals surface area contributed by atoms with Crippen LogP contribution in [0, 0.1) is 5.41 Å². The highest BCUT2D eigenvalue weighted by atomic mass is 32.2. The van der Waals surface area contributed by atoms with Gasteiger partial charge in [-0.05, 0) is 44.4 Å². The van der Waals surface area contributed by atoms with Crippen LogP contribution < -0.4 is 10.0 Å². The van der Waals surface area contributed by atoms with Gasteiger partial charge in [0.1, 0.15) is 0 Å². The lowest BCUT2D eigenvalue weighted by Gasteiger charge is -2.21. The highest BCUT2D eigenvalue weighted by molar-refractivity contribution is 7.89. The first-order valence-electron chi connectivity index (χ1n) is 7.22. The van der Waals surface area contributed by atoms with E-state index in [2.05, 4.69) is 10.0 Å². The molecule has 0 heterocycles. The van der Waals surface area contributed by atoms with E-state index in [9.17, 15) is 13.2 Å². The average molecular weight is 326 g/mol. The zero-order valence-electron chi connectivity index (χ0n) is 14.1. The van der Waals surface area contributed by atoms with Gasteiger partial charge in [0.15, 0.2) is 0 Å². The van der Waals surface area contributed by atoms with Crippen LogP contribution in [0.4, 0.5) is 5.69 Å². The maximum atomic E-state index is 12.3. The van der Waals surface area contributed by atoms with Crippen molar-refractivity contribution in [3.8, 4) is 0 Å². The third-order valence-corrected chi connectivity index (χ3v) is 4.32. The molecular formula is C16H26N2O3S. The Morgan fingerprint density at radius 2 is 1.68 bits per heavy atom. The van der Waals surface area contributed by atoms with Crippen molar-refractivity contribution in [2.75, 3.05) is 5.32 Å².